The smallest absolute Gasteiger partial charge is 0.844 e. The Hall–Kier alpha value is -7.19. The minimum Gasteiger partial charge on any atom is -0.844 e. The van der Waals surface area contributed by atoms with Gasteiger partial charge in [0, 0.05) is 6.07 Å². The predicted molar refractivity (Wildman–Crippen MR) is 198 cm³/mol. The molecule has 68 heavy (non-hydrogen) atoms. The van der Waals surface area contributed by atoms with Crippen LogP contribution in [0.2, 0.25) is 0 Å². The molecule has 0 atom stereocenters. The van der Waals surface area contributed by atoms with Crippen LogP contribution in [-0.2, 0) is 0 Å². The first-order valence-corrected chi connectivity index (χ1v) is 17.2. The number of hydrogen-bond donors (Lipinski definition) is 2. The monoisotopic (exact) mass is 882 g/mol. The summed E-state index contributed by atoms with van der Waals surface area (Å²) in [6.45, 7) is 10.5. The van der Waals surface area contributed by atoms with Gasteiger partial charge in [0.15, 0.2) is 46.3 Å². The summed E-state index contributed by atoms with van der Waals surface area (Å²) in [7, 11) is 0. The number of anilines is 2. The number of carbonyl (C=O) groups is 4. The van der Waals surface area contributed by atoms with E-state index in [1.807, 2.05) is 6.07 Å². The Morgan fingerprint density at radius 1 is 0.618 bits per heavy atom. The molecule has 2 aromatic carbocycles. The van der Waals surface area contributed by atoms with Crippen LogP contribution in [0, 0.1) is 31.8 Å². The van der Waals surface area contributed by atoms with E-state index in [1.54, 1.807) is 0 Å². The van der Waals surface area contributed by atoms with E-state index in [0.29, 0.717) is 0 Å². The average molecular weight is 882 g/mol. The number of benzene rings is 2. The molecule has 0 bridgehead atoms. The summed E-state index contributed by atoms with van der Waals surface area (Å²) < 4.78 is 3.93. The summed E-state index contributed by atoms with van der Waals surface area (Å²) in [6.07, 6.45) is 2.15. The van der Waals surface area contributed by atoms with Crippen LogP contribution in [-0.4, -0.2) is 73.0 Å². The zero-order chi connectivity index (χ0) is 45.4. The van der Waals surface area contributed by atoms with Gasteiger partial charge in [-0.15, -0.1) is 20.5 Å². The van der Waals surface area contributed by atoms with Gasteiger partial charge in [0.1, 0.15) is 11.6 Å². The number of carbonyl (C=O) groups excluding carboxylic acids is 4. The predicted octanol–water partition coefficient (Wildman–Crippen LogP) is -16.2. The molecule has 32 heteroatoms. The van der Waals surface area contributed by atoms with Gasteiger partial charge in [0.05, 0.1) is 71.6 Å². The molecule has 0 aliphatic rings. The number of carboxylic acids is 4. The molecular formula is C36H19Li5N18O9. The van der Waals surface area contributed by atoms with Crippen LogP contribution in [0.4, 0.5) is 40.3 Å². The summed E-state index contributed by atoms with van der Waals surface area (Å²) in [5.41, 5.74) is 10.2. The van der Waals surface area contributed by atoms with Crippen LogP contribution in [0.15, 0.2) is 75.3 Å². The van der Waals surface area contributed by atoms with Crippen LogP contribution in [0.3, 0.4) is 0 Å². The number of aromatic nitrogens is 10. The van der Waals surface area contributed by atoms with Gasteiger partial charge in [-0.2, -0.15) is 35.0 Å². The van der Waals surface area contributed by atoms with Crippen LogP contribution in [0.1, 0.15) is 58.4 Å². The molecule has 312 valence electrons. The van der Waals surface area contributed by atoms with Crippen molar-refractivity contribution in [1.29, 1.82) is 5.26 Å². The topological polar surface area (TPSA) is 410 Å². The standard InChI is InChI=1S/C36H24N18O9.5Li/c1-14-26(45-47-30-20(11-37)12-41-51(30)21-6-16(32(55)56)4-17(7-21)33(57)58)28(38)53(49-14)24-10-25(44-36(63)43-24)54-29(39)27(15(2)50-54)46-48-31-23(40-3)13-42-52(31)22-8-18(34(59)60)5-19(9-22)35(61)62;;;;;/h4-10,12-13H,38-39H2,1-2H3,(H,55,56)(H,57,58)(H,59,60)(H,61,62)(H,43,44,63);;;;;/q;5*+1/p-5. The van der Waals surface area contributed by atoms with Gasteiger partial charge in [-0.1, -0.05) is 0 Å². The third-order valence-electron chi connectivity index (χ3n) is 8.71. The normalized spacial score (nSPS) is 10.4. The van der Waals surface area contributed by atoms with Crippen molar-refractivity contribution in [3.8, 4) is 35.1 Å². The van der Waals surface area contributed by atoms with Crippen LogP contribution >= 0.6 is 0 Å². The van der Waals surface area contributed by atoms with E-state index in [4.69, 9.17) is 18.0 Å². The van der Waals surface area contributed by atoms with Gasteiger partial charge >= 0.3 is 94.3 Å². The maximum absolute atomic E-state index is 12.9. The quantitative estimate of drug-likeness (QED) is 0.0653. The van der Waals surface area contributed by atoms with E-state index < -0.39 is 52.1 Å². The summed E-state index contributed by atoms with van der Waals surface area (Å²) in [4.78, 5) is 57.5. The fourth-order valence-electron chi connectivity index (χ4n) is 5.82. The maximum Gasteiger partial charge on any atom is 1.00 e. The van der Waals surface area contributed by atoms with Gasteiger partial charge in [-0.05, 0) is 72.5 Å². The van der Waals surface area contributed by atoms with Crippen molar-refractivity contribution in [2.75, 3.05) is 11.5 Å². The molecule has 7 aromatic rings. The summed E-state index contributed by atoms with van der Waals surface area (Å²) in [5.74, 6) is -8.20. The third kappa shape index (κ3) is 11.1. The first-order valence-electron chi connectivity index (χ1n) is 17.2. The maximum atomic E-state index is 12.9. The zero-order valence-electron chi connectivity index (χ0n) is 36.7. The summed E-state index contributed by atoms with van der Waals surface area (Å²) in [5, 5.41) is 102. The van der Waals surface area contributed by atoms with E-state index in [1.165, 1.54) is 19.9 Å². The SMILES string of the molecule is [C-]#[N+]c1cnn(-c2cc(C(=O)[O-])cc(C(=O)[O-])c2)c1N=Nc1c(C)nn(-c2cc(-n3nc(C)c(N=Nc4c(C#N)cnn4-c4cc(C(=O)[O-])cc(C(=O)[O-])c4)c3N)nc([O-])n2)c1N.[Li+].[Li+].[Li+].[Li+].[Li+]. The van der Waals surface area contributed by atoms with Gasteiger partial charge in [-0.25, -0.2) is 24.2 Å². The Labute approximate surface area is 440 Å². The minimum absolute atomic E-state index is 0. The Balaban J connectivity index is 0.00000317. The number of aryl methyl sites for hydroxylation is 2. The number of aromatic carboxylic acids is 4. The van der Waals surface area contributed by atoms with Crippen molar-refractivity contribution in [3.63, 3.8) is 0 Å². The molecule has 0 amide bonds. The van der Waals surface area contributed by atoms with E-state index in [9.17, 15) is 50.0 Å². The molecule has 4 N–H and O–H groups in total. The zero-order valence-corrected chi connectivity index (χ0v) is 36.7. The fraction of sp³-hybridized carbons (Fsp3) is 0.0556. The summed E-state index contributed by atoms with van der Waals surface area (Å²) >= 11 is 0. The van der Waals surface area contributed by atoms with Crippen molar-refractivity contribution in [2.24, 2.45) is 20.5 Å². The molecule has 0 saturated heterocycles. The van der Waals surface area contributed by atoms with Crippen LogP contribution in [0.25, 0.3) is 27.9 Å². The van der Waals surface area contributed by atoms with Crippen molar-refractivity contribution in [3.05, 3.63) is 105 Å². The third-order valence-corrected chi connectivity index (χ3v) is 8.71. The van der Waals surface area contributed by atoms with E-state index in [-0.39, 0.29) is 175 Å². The molecule has 0 fully saturated rings. The second-order valence-corrected chi connectivity index (χ2v) is 12.7. The number of carboxylic acid groups (broad SMARTS) is 4. The summed E-state index contributed by atoms with van der Waals surface area (Å²) in [6, 6.07) is 7.80. The Bertz CT molecular complexity index is 3000. The molecule has 27 nitrogen and oxygen atoms in total. The van der Waals surface area contributed by atoms with Gasteiger partial charge in [-0.3, -0.25) is 0 Å². The molecule has 0 aliphatic carbocycles. The molecule has 0 radical (unpaired) electrons. The number of nitrogens with two attached hydrogens (primary N) is 2. The molecule has 0 saturated carbocycles. The largest absolute Gasteiger partial charge is 1.00 e. The van der Waals surface area contributed by atoms with E-state index >= 15 is 0 Å². The first kappa shape index (κ1) is 56.9. The van der Waals surface area contributed by atoms with Crippen molar-refractivity contribution in [2.45, 2.75) is 13.8 Å². The number of azo groups is 2. The van der Waals surface area contributed by atoms with Crippen molar-refractivity contribution >= 4 is 64.2 Å². The molecule has 0 spiro atoms. The number of rotatable bonds is 12. The van der Waals surface area contributed by atoms with Crippen LogP contribution in [0.5, 0.6) is 6.01 Å². The van der Waals surface area contributed by atoms with E-state index in [2.05, 4.69) is 55.7 Å². The number of nitriles is 1. The Morgan fingerprint density at radius 2 is 1.00 bits per heavy atom. The molecule has 5 aromatic heterocycles. The average Bonchev–Trinajstić information content (AvgIpc) is 4.01. The minimum atomic E-state index is -1.70. The van der Waals surface area contributed by atoms with Crippen LogP contribution < -0.4 is 131 Å². The van der Waals surface area contributed by atoms with E-state index in [0.717, 1.165) is 67.5 Å². The number of nitrogens with zero attached hydrogens (tertiary/aromatic N) is 16. The molecule has 5 heterocycles. The second kappa shape index (κ2) is 23.0. The second-order valence-electron chi connectivity index (χ2n) is 12.7. The Kier molecular flexibility index (Phi) is 19.3. The Morgan fingerprint density at radius 3 is 1.38 bits per heavy atom. The van der Waals surface area contributed by atoms with Gasteiger partial charge < -0.3 is 56.2 Å². The van der Waals surface area contributed by atoms with Crippen molar-refractivity contribution in [1.82, 2.24) is 49.1 Å². The molecule has 0 aliphatic heterocycles. The molecular weight excluding hydrogens is 863 g/mol. The van der Waals surface area contributed by atoms with Gasteiger partial charge in [0.2, 0.25) is 0 Å². The number of hydrogen-bond acceptors (Lipinski definition) is 22. The van der Waals surface area contributed by atoms with Gasteiger partial charge in [0.25, 0.3) is 5.69 Å². The molecule has 7 rings (SSSR count). The number of nitrogen functional groups attached to an aromatic ring is 2. The fourth-order valence-corrected chi connectivity index (χ4v) is 5.82. The van der Waals surface area contributed by atoms with Crippen molar-refractivity contribution < 1.29 is 139 Å². The molecule has 0 unspecified atom stereocenters. The first-order chi connectivity index (χ1) is 30.0.